The first-order valence-electron chi connectivity index (χ1n) is 8.59. The Bertz CT molecular complexity index is 562. The normalized spacial score (nSPS) is 15.0. The van der Waals surface area contributed by atoms with Gasteiger partial charge in [-0.05, 0) is 30.7 Å². The quantitative estimate of drug-likeness (QED) is 0.430. The minimum Gasteiger partial charge on any atom is -0.357 e. The molecule has 0 saturated carbocycles. The van der Waals surface area contributed by atoms with Crippen LogP contribution in [0.1, 0.15) is 30.9 Å². The lowest BCUT2D eigenvalue weighted by Crippen LogP contribution is -2.38. The second kappa shape index (κ2) is 10.2. The van der Waals surface area contributed by atoms with Gasteiger partial charge in [0.05, 0.1) is 6.54 Å². The van der Waals surface area contributed by atoms with Crippen molar-refractivity contribution in [2.45, 2.75) is 32.9 Å². The summed E-state index contributed by atoms with van der Waals surface area (Å²) in [6, 6.07) is 8.38. The van der Waals surface area contributed by atoms with Crippen molar-refractivity contribution < 1.29 is 4.79 Å². The predicted molar refractivity (Wildman–Crippen MR) is 102 cm³/mol. The molecule has 1 aromatic rings. The van der Waals surface area contributed by atoms with Gasteiger partial charge in [0.25, 0.3) is 0 Å². The fourth-order valence-corrected chi connectivity index (χ4v) is 3.01. The van der Waals surface area contributed by atoms with Crippen molar-refractivity contribution in [3.8, 4) is 0 Å². The van der Waals surface area contributed by atoms with Gasteiger partial charge < -0.3 is 15.5 Å². The highest BCUT2D eigenvalue weighted by Gasteiger charge is 2.19. The molecule has 24 heavy (non-hydrogen) atoms. The molecular formula is C18H28N4OS. The molecule has 2 rings (SSSR count). The number of aliphatic imine (C=N–C) groups is 1. The summed E-state index contributed by atoms with van der Waals surface area (Å²) in [5.41, 5.74) is 2.35. The molecule has 0 aromatic heterocycles. The van der Waals surface area contributed by atoms with E-state index >= 15 is 0 Å². The summed E-state index contributed by atoms with van der Waals surface area (Å²) in [6.07, 6.45) is 3.77. The van der Waals surface area contributed by atoms with Crippen LogP contribution in [0.5, 0.6) is 0 Å². The monoisotopic (exact) mass is 348 g/mol. The summed E-state index contributed by atoms with van der Waals surface area (Å²) < 4.78 is 0. The highest BCUT2D eigenvalue weighted by molar-refractivity contribution is 7.98. The first kappa shape index (κ1) is 18.6. The van der Waals surface area contributed by atoms with Crippen LogP contribution in [0.4, 0.5) is 0 Å². The third-order valence-corrected chi connectivity index (χ3v) is 4.51. The number of benzene rings is 1. The van der Waals surface area contributed by atoms with Crippen molar-refractivity contribution in [1.82, 2.24) is 15.5 Å². The van der Waals surface area contributed by atoms with Gasteiger partial charge in [-0.1, -0.05) is 24.3 Å². The van der Waals surface area contributed by atoms with Crippen LogP contribution in [-0.4, -0.2) is 48.4 Å². The molecule has 0 spiro atoms. The third kappa shape index (κ3) is 6.07. The van der Waals surface area contributed by atoms with E-state index in [1.165, 1.54) is 11.1 Å². The highest BCUT2D eigenvalue weighted by atomic mass is 32.2. The summed E-state index contributed by atoms with van der Waals surface area (Å²) in [4.78, 5) is 18.4. The fourth-order valence-electron chi connectivity index (χ4n) is 2.70. The Hall–Kier alpha value is -1.69. The smallest absolute Gasteiger partial charge is 0.222 e. The van der Waals surface area contributed by atoms with Crippen LogP contribution in [0.25, 0.3) is 0 Å². The Morgan fingerprint density at radius 3 is 2.88 bits per heavy atom. The zero-order chi connectivity index (χ0) is 17.2. The number of carbonyl (C=O) groups is 1. The molecule has 1 aliphatic heterocycles. The standard InChI is InChI=1S/C18H28N4OS/c1-3-19-18(20-9-11-24-2)21-13-15-6-4-7-16(12-15)14-22-10-5-8-17(22)23/h4,6-7,12H,3,5,8-11,13-14H2,1-2H3,(H2,19,20,21). The van der Waals surface area contributed by atoms with Crippen molar-refractivity contribution in [3.63, 3.8) is 0 Å². The SMILES string of the molecule is CCNC(=NCc1cccc(CN2CCCC2=O)c1)NCCSC. The largest absolute Gasteiger partial charge is 0.357 e. The second-order valence-electron chi connectivity index (χ2n) is 5.85. The molecule has 1 aliphatic rings. The van der Waals surface area contributed by atoms with Crippen molar-refractivity contribution in [1.29, 1.82) is 0 Å². The minimum atomic E-state index is 0.269. The Kier molecular flexibility index (Phi) is 7.95. The molecule has 1 amide bonds. The van der Waals surface area contributed by atoms with Crippen molar-refractivity contribution in [2.75, 3.05) is 31.6 Å². The molecule has 132 valence electrons. The van der Waals surface area contributed by atoms with Crippen LogP contribution < -0.4 is 10.6 Å². The lowest BCUT2D eigenvalue weighted by Gasteiger charge is -2.16. The van der Waals surface area contributed by atoms with Crippen LogP contribution >= 0.6 is 11.8 Å². The highest BCUT2D eigenvalue weighted by Crippen LogP contribution is 2.15. The fraction of sp³-hybridized carbons (Fsp3) is 0.556. The Labute approximate surface area is 149 Å². The van der Waals surface area contributed by atoms with Crippen LogP contribution in [0, 0.1) is 0 Å². The number of thioether (sulfide) groups is 1. The summed E-state index contributed by atoms with van der Waals surface area (Å²) in [7, 11) is 0. The molecule has 1 fully saturated rings. The molecule has 0 bridgehead atoms. The van der Waals surface area contributed by atoms with E-state index in [0.29, 0.717) is 19.5 Å². The second-order valence-corrected chi connectivity index (χ2v) is 6.84. The summed E-state index contributed by atoms with van der Waals surface area (Å²) >= 11 is 1.82. The Morgan fingerprint density at radius 2 is 2.17 bits per heavy atom. The number of hydrogen-bond acceptors (Lipinski definition) is 3. The van der Waals surface area contributed by atoms with Gasteiger partial charge in [-0.2, -0.15) is 11.8 Å². The predicted octanol–water partition coefficient (Wildman–Crippen LogP) is 2.23. The molecule has 0 radical (unpaired) electrons. The van der Waals surface area contributed by atoms with Crippen LogP contribution in [0.2, 0.25) is 0 Å². The molecule has 6 heteroatoms. The van der Waals surface area contributed by atoms with E-state index in [0.717, 1.165) is 37.8 Å². The topological polar surface area (TPSA) is 56.7 Å². The van der Waals surface area contributed by atoms with Gasteiger partial charge in [0.15, 0.2) is 5.96 Å². The molecule has 1 heterocycles. The lowest BCUT2D eigenvalue weighted by atomic mass is 10.1. The average molecular weight is 349 g/mol. The van der Waals surface area contributed by atoms with E-state index in [-0.39, 0.29) is 5.91 Å². The van der Waals surface area contributed by atoms with Crippen LogP contribution in [0.3, 0.4) is 0 Å². The number of rotatable bonds is 8. The van der Waals surface area contributed by atoms with E-state index in [2.05, 4.69) is 53.1 Å². The van der Waals surface area contributed by atoms with E-state index < -0.39 is 0 Å². The number of amides is 1. The average Bonchev–Trinajstić information content (AvgIpc) is 2.98. The molecule has 1 saturated heterocycles. The minimum absolute atomic E-state index is 0.269. The van der Waals surface area contributed by atoms with E-state index in [9.17, 15) is 4.79 Å². The van der Waals surface area contributed by atoms with Crippen molar-refractivity contribution >= 4 is 23.6 Å². The number of nitrogens with zero attached hydrogens (tertiary/aromatic N) is 2. The summed E-state index contributed by atoms with van der Waals surface area (Å²) in [5, 5.41) is 6.60. The maximum Gasteiger partial charge on any atom is 0.222 e. The first-order valence-corrected chi connectivity index (χ1v) is 9.99. The van der Waals surface area contributed by atoms with Crippen molar-refractivity contribution in [3.05, 3.63) is 35.4 Å². The van der Waals surface area contributed by atoms with Gasteiger partial charge in [-0.3, -0.25) is 4.79 Å². The lowest BCUT2D eigenvalue weighted by molar-refractivity contribution is -0.128. The van der Waals surface area contributed by atoms with Gasteiger partial charge in [-0.25, -0.2) is 4.99 Å². The number of hydrogen-bond donors (Lipinski definition) is 2. The molecule has 2 N–H and O–H groups in total. The maximum absolute atomic E-state index is 11.8. The molecule has 0 aliphatic carbocycles. The van der Waals surface area contributed by atoms with Gasteiger partial charge in [-0.15, -0.1) is 0 Å². The van der Waals surface area contributed by atoms with Gasteiger partial charge >= 0.3 is 0 Å². The van der Waals surface area contributed by atoms with Crippen LogP contribution in [0.15, 0.2) is 29.3 Å². The molecule has 5 nitrogen and oxygen atoms in total. The van der Waals surface area contributed by atoms with Crippen LogP contribution in [-0.2, 0) is 17.9 Å². The van der Waals surface area contributed by atoms with E-state index in [1.54, 1.807) is 0 Å². The van der Waals surface area contributed by atoms with Gasteiger partial charge in [0, 0.05) is 38.4 Å². The Morgan fingerprint density at radius 1 is 1.33 bits per heavy atom. The number of carbonyl (C=O) groups excluding carboxylic acids is 1. The summed E-state index contributed by atoms with van der Waals surface area (Å²) in [6.45, 7) is 6.05. The van der Waals surface area contributed by atoms with Crippen molar-refractivity contribution in [2.24, 2.45) is 4.99 Å². The number of likely N-dealkylation sites (tertiary alicyclic amines) is 1. The molecule has 0 atom stereocenters. The molecule has 0 unspecified atom stereocenters. The Balaban J connectivity index is 1.94. The molecule has 1 aromatic carbocycles. The number of guanidine groups is 1. The maximum atomic E-state index is 11.8. The number of nitrogens with one attached hydrogen (secondary N) is 2. The van der Waals surface area contributed by atoms with Gasteiger partial charge in [0.1, 0.15) is 0 Å². The van der Waals surface area contributed by atoms with E-state index in [1.807, 2.05) is 16.7 Å². The van der Waals surface area contributed by atoms with Gasteiger partial charge in [0.2, 0.25) is 5.91 Å². The van der Waals surface area contributed by atoms with E-state index in [4.69, 9.17) is 0 Å². The molecular weight excluding hydrogens is 320 g/mol. The zero-order valence-electron chi connectivity index (χ0n) is 14.7. The zero-order valence-corrected chi connectivity index (χ0v) is 15.5. The third-order valence-electron chi connectivity index (χ3n) is 3.90. The first-order chi connectivity index (χ1) is 11.7. The summed E-state index contributed by atoms with van der Waals surface area (Å²) in [5.74, 6) is 2.18.